The summed E-state index contributed by atoms with van der Waals surface area (Å²) < 4.78 is 0. The van der Waals surface area contributed by atoms with E-state index in [0.717, 1.165) is 31.9 Å². The zero-order valence-electron chi connectivity index (χ0n) is 17.0. The zero-order valence-corrected chi connectivity index (χ0v) is 17.0. The third-order valence-corrected chi connectivity index (χ3v) is 5.78. The maximum absolute atomic E-state index is 12.8. The molecule has 2 amide bonds. The van der Waals surface area contributed by atoms with Crippen LogP contribution in [0.3, 0.4) is 0 Å². The lowest BCUT2D eigenvalue weighted by atomic mass is 10.1. The molecule has 1 atom stereocenters. The average Bonchev–Trinajstić information content (AvgIpc) is 2.98. The Morgan fingerprint density at radius 1 is 1.21 bits per heavy atom. The molecule has 2 aliphatic rings. The molecule has 1 N–H and O–H groups in total. The van der Waals surface area contributed by atoms with Crippen LogP contribution >= 0.6 is 0 Å². The van der Waals surface area contributed by atoms with Gasteiger partial charge < -0.3 is 15.1 Å². The summed E-state index contributed by atoms with van der Waals surface area (Å²) in [5.74, 6) is -0.0284. The molecule has 7 heteroatoms. The summed E-state index contributed by atoms with van der Waals surface area (Å²) in [5.41, 5.74) is 0.921. The molecule has 7 nitrogen and oxygen atoms in total. The molecule has 3 rings (SSSR count). The van der Waals surface area contributed by atoms with Crippen LogP contribution in [0.25, 0.3) is 0 Å². The summed E-state index contributed by atoms with van der Waals surface area (Å²) in [7, 11) is 1.85. The van der Waals surface area contributed by atoms with Gasteiger partial charge in [-0.05, 0) is 38.1 Å². The summed E-state index contributed by atoms with van der Waals surface area (Å²) in [4.78, 5) is 35.9. The Kier molecular flexibility index (Phi) is 7.80. The molecule has 28 heavy (non-hydrogen) atoms. The second-order valence-electron chi connectivity index (χ2n) is 7.87. The molecule has 1 aromatic heterocycles. The first kappa shape index (κ1) is 20.7. The summed E-state index contributed by atoms with van der Waals surface area (Å²) >= 11 is 0. The summed E-state index contributed by atoms with van der Waals surface area (Å²) in [6, 6.07) is 5.36. The predicted molar refractivity (Wildman–Crippen MR) is 109 cm³/mol. The monoisotopic (exact) mass is 387 g/mol. The molecule has 0 radical (unpaired) electrons. The molecule has 2 saturated heterocycles. The minimum absolute atomic E-state index is 0.0305. The fourth-order valence-corrected chi connectivity index (χ4v) is 3.97. The summed E-state index contributed by atoms with van der Waals surface area (Å²) in [5, 5.41) is 2.90. The first-order valence-electron chi connectivity index (χ1n) is 10.5. The second kappa shape index (κ2) is 10.5. The van der Waals surface area contributed by atoms with Crippen LogP contribution in [0.5, 0.6) is 0 Å². The SMILES string of the molecule is CN(CCN1CCCCCC1)C(=O)CC1C(=O)NCCN1Cc1ccccn1. The minimum atomic E-state index is -0.427. The van der Waals surface area contributed by atoms with E-state index >= 15 is 0 Å². The predicted octanol–water partition coefficient (Wildman–Crippen LogP) is 1.11. The second-order valence-corrected chi connectivity index (χ2v) is 7.87. The van der Waals surface area contributed by atoms with Crippen LogP contribution in [0, 0.1) is 0 Å². The van der Waals surface area contributed by atoms with E-state index in [2.05, 4.69) is 20.1 Å². The quantitative estimate of drug-likeness (QED) is 0.759. The number of likely N-dealkylation sites (tertiary alicyclic amines) is 1. The fourth-order valence-electron chi connectivity index (χ4n) is 3.97. The largest absolute Gasteiger partial charge is 0.353 e. The maximum Gasteiger partial charge on any atom is 0.237 e. The first-order chi connectivity index (χ1) is 13.6. The molecule has 0 bridgehead atoms. The lowest BCUT2D eigenvalue weighted by Gasteiger charge is -2.35. The molecule has 2 aliphatic heterocycles. The number of carbonyl (C=O) groups excluding carboxylic acids is 2. The van der Waals surface area contributed by atoms with Crippen LogP contribution < -0.4 is 5.32 Å². The van der Waals surface area contributed by atoms with Crippen molar-refractivity contribution in [2.24, 2.45) is 0 Å². The molecule has 154 valence electrons. The zero-order chi connectivity index (χ0) is 19.8. The van der Waals surface area contributed by atoms with Crippen molar-refractivity contribution in [2.75, 3.05) is 46.3 Å². The topological polar surface area (TPSA) is 68.8 Å². The number of aromatic nitrogens is 1. The van der Waals surface area contributed by atoms with Gasteiger partial charge in [0.15, 0.2) is 0 Å². The molecule has 2 fully saturated rings. The van der Waals surface area contributed by atoms with Gasteiger partial charge in [-0.25, -0.2) is 0 Å². The molecule has 3 heterocycles. The number of piperazine rings is 1. The van der Waals surface area contributed by atoms with Gasteiger partial charge in [0.05, 0.1) is 18.2 Å². The van der Waals surface area contributed by atoms with Crippen LogP contribution in [0.15, 0.2) is 24.4 Å². The van der Waals surface area contributed by atoms with Gasteiger partial charge in [-0.2, -0.15) is 0 Å². The van der Waals surface area contributed by atoms with E-state index < -0.39 is 6.04 Å². The molecular formula is C21H33N5O2. The number of rotatable bonds is 7. The highest BCUT2D eigenvalue weighted by Crippen LogP contribution is 2.14. The number of likely N-dealkylation sites (N-methyl/N-ethyl adjacent to an activating group) is 1. The Hall–Kier alpha value is -1.99. The Bertz CT molecular complexity index is 631. The first-order valence-corrected chi connectivity index (χ1v) is 10.5. The molecule has 0 saturated carbocycles. The van der Waals surface area contributed by atoms with Gasteiger partial charge in [0, 0.05) is 46.0 Å². The molecule has 0 spiro atoms. The highest BCUT2D eigenvalue weighted by atomic mass is 16.2. The fraction of sp³-hybridized carbons (Fsp3) is 0.667. The van der Waals surface area contributed by atoms with Gasteiger partial charge in [0.25, 0.3) is 0 Å². The third kappa shape index (κ3) is 6.01. The smallest absolute Gasteiger partial charge is 0.237 e. The van der Waals surface area contributed by atoms with Gasteiger partial charge >= 0.3 is 0 Å². The Labute approximate surface area is 168 Å². The number of hydrogen-bond acceptors (Lipinski definition) is 5. The number of hydrogen-bond donors (Lipinski definition) is 1. The van der Waals surface area contributed by atoms with Gasteiger partial charge in [0.1, 0.15) is 0 Å². The number of nitrogens with one attached hydrogen (secondary N) is 1. The number of amides is 2. The Balaban J connectivity index is 1.52. The Morgan fingerprint density at radius 2 is 2.00 bits per heavy atom. The van der Waals surface area contributed by atoms with E-state index in [4.69, 9.17) is 0 Å². The van der Waals surface area contributed by atoms with E-state index in [-0.39, 0.29) is 18.2 Å². The van der Waals surface area contributed by atoms with Crippen molar-refractivity contribution in [1.29, 1.82) is 0 Å². The number of nitrogens with zero attached hydrogens (tertiary/aromatic N) is 4. The van der Waals surface area contributed by atoms with Crippen LogP contribution in [0.1, 0.15) is 37.8 Å². The van der Waals surface area contributed by atoms with Crippen molar-refractivity contribution in [2.45, 2.75) is 44.7 Å². The number of pyridine rings is 1. The van der Waals surface area contributed by atoms with Crippen molar-refractivity contribution in [3.63, 3.8) is 0 Å². The molecule has 0 aliphatic carbocycles. The van der Waals surface area contributed by atoms with Crippen molar-refractivity contribution in [1.82, 2.24) is 25.0 Å². The summed E-state index contributed by atoms with van der Waals surface area (Å²) in [6.45, 7) is 5.82. The van der Waals surface area contributed by atoms with Crippen LogP contribution in [-0.2, 0) is 16.1 Å². The Morgan fingerprint density at radius 3 is 2.71 bits per heavy atom. The van der Waals surface area contributed by atoms with Gasteiger partial charge in [0.2, 0.25) is 11.8 Å². The van der Waals surface area contributed by atoms with Crippen molar-refractivity contribution < 1.29 is 9.59 Å². The van der Waals surface area contributed by atoms with Crippen molar-refractivity contribution in [3.05, 3.63) is 30.1 Å². The molecule has 1 unspecified atom stereocenters. The highest BCUT2D eigenvalue weighted by Gasteiger charge is 2.32. The van der Waals surface area contributed by atoms with E-state index in [9.17, 15) is 9.59 Å². The normalized spacial score (nSPS) is 21.8. The minimum Gasteiger partial charge on any atom is -0.353 e. The van der Waals surface area contributed by atoms with Crippen molar-refractivity contribution in [3.8, 4) is 0 Å². The van der Waals surface area contributed by atoms with Gasteiger partial charge in [-0.15, -0.1) is 0 Å². The van der Waals surface area contributed by atoms with E-state index in [1.807, 2.05) is 25.2 Å². The average molecular weight is 388 g/mol. The lowest BCUT2D eigenvalue weighted by Crippen LogP contribution is -2.56. The third-order valence-electron chi connectivity index (χ3n) is 5.78. The van der Waals surface area contributed by atoms with Crippen LogP contribution in [0.4, 0.5) is 0 Å². The number of carbonyl (C=O) groups is 2. The molecule has 0 aromatic carbocycles. The maximum atomic E-state index is 12.8. The van der Waals surface area contributed by atoms with Gasteiger partial charge in [-0.3, -0.25) is 19.5 Å². The highest BCUT2D eigenvalue weighted by molar-refractivity contribution is 5.88. The molecule has 1 aromatic rings. The van der Waals surface area contributed by atoms with Crippen LogP contribution in [-0.4, -0.2) is 83.9 Å². The van der Waals surface area contributed by atoms with E-state index in [1.165, 1.54) is 25.7 Å². The summed E-state index contributed by atoms with van der Waals surface area (Å²) in [6.07, 6.45) is 7.11. The van der Waals surface area contributed by atoms with Crippen molar-refractivity contribution >= 4 is 11.8 Å². The lowest BCUT2D eigenvalue weighted by molar-refractivity contribution is -0.138. The molecular weight excluding hydrogens is 354 g/mol. The van der Waals surface area contributed by atoms with Gasteiger partial charge in [-0.1, -0.05) is 18.9 Å². The standard InChI is InChI=1S/C21H33N5O2/c1-24(14-15-25-11-6-2-3-7-12-25)20(27)16-19-21(28)23-10-13-26(19)17-18-8-4-5-9-22-18/h4-5,8-9,19H,2-3,6-7,10-17H2,1H3,(H,23,28). The van der Waals surface area contributed by atoms with E-state index in [0.29, 0.717) is 19.6 Å². The van der Waals surface area contributed by atoms with E-state index in [1.54, 1.807) is 11.1 Å². The van der Waals surface area contributed by atoms with Crippen LogP contribution in [0.2, 0.25) is 0 Å².